The highest BCUT2D eigenvalue weighted by Gasteiger charge is 2.27. The number of aromatic nitrogens is 2. The quantitative estimate of drug-likeness (QED) is 0.631. The minimum absolute atomic E-state index is 0.0983. The SMILES string of the molecule is COc1ccc(CCN[C@H]2CNC(=O)c3cc(-c4ccc(C)cc4)nn32)cc1OC. The number of benzene rings is 2. The summed E-state index contributed by atoms with van der Waals surface area (Å²) in [7, 11) is 3.26. The number of aryl methyl sites for hydroxylation is 1. The van der Waals surface area contributed by atoms with Crippen LogP contribution in [0.1, 0.15) is 27.8 Å². The van der Waals surface area contributed by atoms with Crippen LogP contribution in [0, 0.1) is 6.92 Å². The zero-order chi connectivity index (χ0) is 21.1. The Kier molecular flexibility index (Phi) is 5.72. The third kappa shape index (κ3) is 4.02. The van der Waals surface area contributed by atoms with Crippen LogP contribution in [0.25, 0.3) is 11.3 Å². The average Bonchev–Trinajstić information content (AvgIpc) is 3.22. The summed E-state index contributed by atoms with van der Waals surface area (Å²) in [5, 5.41) is 11.2. The number of ether oxygens (including phenoxy) is 2. The zero-order valence-corrected chi connectivity index (χ0v) is 17.4. The van der Waals surface area contributed by atoms with Gasteiger partial charge in [-0.15, -0.1) is 0 Å². The Hall–Kier alpha value is -3.32. The molecule has 1 atom stereocenters. The molecular weight excluding hydrogens is 380 g/mol. The fraction of sp³-hybridized carbons (Fsp3) is 0.304. The van der Waals surface area contributed by atoms with Gasteiger partial charge in [0, 0.05) is 12.1 Å². The van der Waals surface area contributed by atoms with E-state index in [9.17, 15) is 4.79 Å². The standard InChI is InChI=1S/C23H26N4O3/c1-15-4-7-17(8-5-15)18-13-19-23(28)25-14-22(27(19)26-18)24-11-10-16-6-9-20(29-2)21(12-16)30-3/h4-9,12-13,22,24H,10-11,14H2,1-3H3,(H,25,28)/t22-/m1/s1. The van der Waals surface area contributed by atoms with E-state index >= 15 is 0 Å². The van der Waals surface area contributed by atoms with Crippen molar-refractivity contribution in [2.75, 3.05) is 27.3 Å². The summed E-state index contributed by atoms with van der Waals surface area (Å²) < 4.78 is 12.5. The van der Waals surface area contributed by atoms with Gasteiger partial charge in [0.15, 0.2) is 11.5 Å². The molecular formula is C23H26N4O3. The topological polar surface area (TPSA) is 77.4 Å². The van der Waals surface area contributed by atoms with Gasteiger partial charge in [0.25, 0.3) is 5.91 Å². The maximum absolute atomic E-state index is 12.3. The minimum Gasteiger partial charge on any atom is -0.493 e. The van der Waals surface area contributed by atoms with Gasteiger partial charge in [-0.05, 0) is 37.1 Å². The Labute approximate surface area is 176 Å². The Morgan fingerprint density at radius 2 is 1.87 bits per heavy atom. The number of carbonyl (C=O) groups is 1. The molecule has 30 heavy (non-hydrogen) atoms. The van der Waals surface area contributed by atoms with Crippen molar-refractivity contribution in [3.63, 3.8) is 0 Å². The first-order valence-corrected chi connectivity index (χ1v) is 9.98. The number of fused-ring (bicyclic) bond motifs is 1. The highest BCUT2D eigenvalue weighted by molar-refractivity contribution is 5.94. The van der Waals surface area contributed by atoms with Crippen LogP contribution in [-0.2, 0) is 6.42 Å². The summed E-state index contributed by atoms with van der Waals surface area (Å²) in [5.74, 6) is 1.34. The van der Waals surface area contributed by atoms with E-state index in [-0.39, 0.29) is 12.1 Å². The van der Waals surface area contributed by atoms with E-state index in [1.807, 2.05) is 55.5 Å². The molecule has 3 aromatic rings. The van der Waals surface area contributed by atoms with Crippen molar-refractivity contribution in [1.82, 2.24) is 20.4 Å². The van der Waals surface area contributed by atoms with E-state index in [0.717, 1.165) is 35.5 Å². The van der Waals surface area contributed by atoms with Gasteiger partial charge in [0.2, 0.25) is 0 Å². The molecule has 2 heterocycles. The van der Waals surface area contributed by atoms with E-state index in [4.69, 9.17) is 14.6 Å². The molecule has 2 aromatic carbocycles. The third-order valence-corrected chi connectivity index (χ3v) is 5.31. The lowest BCUT2D eigenvalue weighted by Crippen LogP contribution is -2.45. The molecule has 0 saturated carbocycles. The molecule has 0 unspecified atom stereocenters. The van der Waals surface area contributed by atoms with E-state index in [0.29, 0.717) is 18.0 Å². The molecule has 1 aliphatic heterocycles. The number of nitrogens with one attached hydrogen (secondary N) is 2. The molecule has 1 aliphatic rings. The van der Waals surface area contributed by atoms with E-state index in [2.05, 4.69) is 10.6 Å². The third-order valence-electron chi connectivity index (χ3n) is 5.31. The molecule has 0 fully saturated rings. The molecule has 0 spiro atoms. The first-order chi connectivity index (χ1) is 14.6. The smallest absolute Gasteiger partial charge is 0.269 e. The normalized spacial score (nSPS) is 15.4. The second-order valence-electron chi connectivity index (χ2n) is 7.34. The Morgan fingerprint density at radius 3 is 2.60 bits per heavy atom. The van der Waals surface area contributed by atoms with Gasteiger partial charge in [0.05, 0.1) is 26.5 Å². The lowest BCUT2D eigenvalue weighted by Gasteiger charge is -2.25. The molecule has 2 N–H and O–H groups in total. The van der Waals surface area contributed by atoms with E-state index < -0.39 is 0 Å². The van der Waals surface area contributed by atoms with Crippen molar-refractivity contribution in [2.24, 2.45) is 0 Å². The van der Waals surface area contributed by atoms with Gasteiger partial charge in [-0.2, -0.15) is 5.10 Å². The monoisotopic (exact) mass is 406 g/mol. The zero-order valence-electron chi connectivity index (χ0n) is 17.4. The van der Waals surface area contributed by atoms with Gasteiger partial charge < -0.3 is 14.8 Å². The number of amides is 1. The molecule has 156 valence electrons. The van der Waals surface area contributed by atoms with Gasteiger partial charge in [-0.1, -0.05) is 35.9 Å². The fourth-order valence-corrected chi connectivity index (χ4v) is 3.61. The minimum atomic E-state index is -0.1000. The van der Waals surface area contributed by atoms with Crippen LogP contribution in [0.4, 0.5) is 0 Å². The van der Waals surface area contributed by atoms with E-state index in [1.54, 1.807) is 18.9 Å². The second kappa shape index (κ2) is 8.59. The van der Waals surface area contributed by atoms with Crippen molar-refractivity contribution in [3.8, 4) is 22.8 Å². The van der Waals surface area contributed by atoms with Crippen LogP contribution in [0.3, 0.4) is 0 Å². The van der Waals surface area contributed by atoms with Gasteiger partial charge in [-0.3, -0.25) is 10.1 Å². The number of carbonyl (C=O) groups excluding carboxylic acids is 1. The first kappa shape index (κ1) is 20.0. The number of hydrogen-bond acceptors (Lipinski definition) is 5. The van der Waals surface area contributed by atoms with Crippen LogP contribution >= 0.6 is 0 Å². The van der Waals surface area contributed by atoms with Crippen LogP contribution in [-0.4, -0.2) is 43.0 Å². The van der Waals surface area contributed by atoms with Gasteiger partial charge in [0.1, 0.15) is 11.9 Å². The van der Waals surface area contributed by atoms with Crippen LogP contribution in [0.5, 0.6) is 11.5 Å². The van der Waals surface area contributed by atoms with Crippen molar-refractivity contribution in [2.45, 2.75) is 19.5 Å². The van der Waals surface area contributed by atoms with Crippen molar-refractivity contribution in [3.05, 3.63) is 65.4 Å². The largest absolute Gasteiger partial charge is 0.493 e. The predicted octanol–water partition coefficient (Wildman–Crippen LogP) is 2.95. The Bertz CT molecular complexity index is 1040. The van der Waals surface area contributed by atoms with Crippen molar-refractivity contribution >= 4 is 5.91 Å². The molecule has 1 aromatic heterocycles. The number of hydrogen-bond donors (Lipinski definition) is 2. The van der Waals surface area contributed by atoms with Crippen LogP contribution in [0.2, 0.25) is 0 Å². The Morgan fingerprint density at radius 1 is 1.10 bits per heavy atom. The molecule has 7 heteroatoms. The van der Waals surface area contributed by atoms with Gasteiger partial charge >= 0.3 is 0 Å². The molecule has 7 nitrogen and oxygen atoms in total. The summed E-state index contributed by atoms with van der Waals surface area (Å²) in [5.41, 5.74) is 4.70. The molecule has 4 rings (SSSR count). The summed E-state index contributed by atoms with van der Waals surface area (Å²) in [6.45, 7) is 3.27. The predicted molar refractivity (Wildman–Crippen MR) is 115 cm³/mol. The van der Waals surface area contributed by atoms with Gasteiger partial charge in [-0.25, -0.2) is 4.68 Å². The lowest BCUT2D eigenvalue weighted by molar-refractivity contribution is 0.0901. The highest BCUT2D eigenvalue weighted by atomic mass is 16.5. The van der Waals surface area contributed by atoms with E-state index in [1.165, 1.54) is 5.56 Å². The summed E-state index contributed by atoms with van der Waals surface area (Å²) in [4.78, 5) is 12.3. The van der Waals surface area contributed by atoms with Crippen LogP contribution in [0.15, 0.2) is 48.5 Å². The summed E-state index contributed by atoms with van der Waals surface area (Å²) in [6, 6.07) is 15.9. The molecule has 0 bridgehead atoms. The van der Waals surface area contributed by atoms with Crippen molar-refractivity contribution < 1.29 is 14.3 Å². The Balaban J connectivity index is 1.47. The maximum Gasteiger partial charge on any atom is 0.269 e. The molecule has 0 saturated heterocycles. The number of nitrogens with zero attached hydrogens (tertiary/aromatic N) is 2. The fourth-order valence-electron chi connectivity index (χ4n) is 3.61. The molecule has 0 aliphatic carbocycles. The number of rotatable bonds is 7. The maximum atomic E-state index is 12.3. The molecule has 0 radical (unpaired) electrons. The second-order valence-corrected chi connectivity index (χ2v) is 7.34. The van der Waals surface area contributed by atoms with Crippen LogP contribution < -0.4 is 20.1 Å². The number of methoxy groups -OCH3 is 2. The summed E-state index contributed by atoms with van der Waals surface area (Å²) in [6.07, 6.45) is 0.712. The summed E-state index contributed by atoms with van der Waals surface area (Å²) >= 11 is 0. The average molecular weight is 406 g/mol. The highest BCUT2D eigenvalue weighted by Crippen LogP contribution is 2.28. The lowest BCUT2D eigenvalue weighted by atomic mass is 10.1. The first-order valence-electron chi connectivity index (χ1n) is 9.98. The molecule has 1 amide bonds. The van der Waals surface area contributed by atoms with Crippen molar-refractivity contribution in [1.29, 1.82) is 0 Å².